The van der Waals surface area contributed by atoms with Gasteiger partial charge in [-0.1, -0.05) is 41.9 Å². The summed E-state index contributed by atoms with van der Waals surface area (Å²) in [7, 11) is -3.51. The van der Waals surface area contributed by atoms with Crippen molar-refractivity contribution < 1.29 is 13.2 Å². The van der Waals surface area contributed by atoms with Gasteiger partial charge in [0.2, 0.25) is 15.9 Å². The number of carbonyl (C=O) groups is 1. The van der Waals surface area contributed by atoms with Crippen molar-refractivity contribution in [3.05, 3.63) is 65.2 Å². The quantitative estimate of drug-likeness (QED) is 0.663. The van der Waals surface area contributed by atoms with E-state index in [2.05, 4.69) is 16.3 Å². The Kier molecular flexibility index (Phi) is 7.51. The minimum atomic E-state index is -3.51. The summed E-state index contributed by atoms with van der Waals surface area (Å²) < 4.78 is 27.1. The molecule has 0 aromatic heterocycles. The first-order chi connectivity index (χ1) is 15.4. The van der Waals surface area contributed by atoms with Crippen LogP contribution in [-0.4, -0.2) is 56.3 Å². The molecule has 4 rings (SSSR count). The number of hydrogen-bond donors (Lipinski definition) is 1. The average Bonchev–Trinajstić information content (AvgIpc) is 3.34. The van der Waals surface area contributed by atoms with Crippen molar-refractivity contribution in [1.29, 1.82) is 0 Å². The summed E-state index contributed by atoms with van der Waals surface area (Å²) >= 11 is 6.22. The van der Waals surface area contributed by atoms with E-state index in [1.54, 1.807) is 30.3 Å². The van der Waals surface area contributed by atoms with Crippen LogP contribution in [0.1, 0.15) is 37.3 Å². The van der Waals surface area contributed by atoms with Crippen LogP contribution >= 0.6 is 11.6 Å². The fourth-order valence-corrected chi connectivity index (χ4v) is 6.36. The van der Waals surface area contributed by atoms with Crippen LogP contribution in [0.15, 0.2) is 59.5 Å². The zero-order valence-corrected chi connectivity index (χ0v) is 19.7. The lowest BCUT2D eigenvalue weighted by molar-refractivity contribution is -0.126. The molecule has 0 saturated carbocycles. The van der Waals surface area contributed by atoms with Gasteiger partial charge in [0.15, 0.2) is 0 Å². The van der Waals surface area contributed by atoms with Crippen LogP contribution < -0.4 is 5.32 Å². The molecule has 0 radical (unpaired) electrons. The number of likely N-dealkylation sites (tertiary alicyclic amines) is 1. The Morgan fingerprint density at radius 1 is 1.00 bits per heavy atom. The lowest BCUT2D eigenvalue weighted by Gasteiger charge is -2.32. The molecule has 0 bridgehead atoms. The Hall–Kier alpha value is -1.93. The Labute approximate surface area is 195 Å². The summed E-state index contributed by atoms with van der Waals surface area (Å²) in [5, 5.41) is 3.84. The van der Waals surface area contributed by atoms with E-state index in [0.717, 1.165) is 18.7 Å². The van der Waals surface area contributed by atoms with Gasteiger partial charge >= 0.3 is 0 Å². The maximum Gasteiger partial charge on any atom is 0.243 e. The van der Waals surface area contributed by atoms with Gasteiger partial charge in [-0.05, 0) is 68.6 Å². The number of carbonyl (C=O) groups excluding carboxylic acids is 1. The maximum absolute atomic E-state index is 12.9. The third-order valence-electron chi connectivity index (χ3n) is 6.49. The Morgan fingerprint density at radius 2 is 1.69 bits per heavy atom. The molecular weight excluding hydrogens is 446 g/mol. The predicted molar refractivity (Wildman–Crippen MR) is 126 cm³/mol. The van der Waals surface area contributed by atoms with E-state index in [4.69, 9.17) is 11.6 Å². The molecule has 8 heteroatoms. The second-order valence-electron chi connectivity index (χ2n) is 8.55. The molecule has 2 aliphatic heterocycles. The number of amides is 1. The Morgan fingerprint density at radius 3 is 2.34 bits per heavy atom. The number of nitrogens with one attached hydrogen (secondary N) is 1. The first-order valence-electron chi connectivity index (χ1n) is 11.3. The summed E-state index contributed by atoms with van der Waals surface area (Å²) in [6.45, 7) is 3.28. The summed E-state index contributed by atoms with van der Waals surface area (Å²) in [4.78, 5) is 15.6. The zero-order valence-electron chi connectivity index (χ0n) is 18.1. The number of nitrogens with zero attached hydrogens (tertiary/aromatic N) is 2. The molecule has 2 saturated heterocycles. The molecular formula is C24H30ClN3O3S. The van der Waals surface area contributed by atoms with Crippen molar-refractivity contribution in [3.63, 3.8) is 0 Å². The number of benzene rings is 2. The summed E-state index contributed by atoms with van der Waals surface area (Å²) in [6.07, 6.45) is 3.39. The minimum Gasteiger partial charge on any atom is -0.354 e. The van der Waals surface area contributed by atoms with E-state index in [1.165, 1.54) is 17.1 Å². The van der Waals surface area contributed by atoms with Crippen LogP contribution in [-0.2, 0) is 14.8 Å². The lowest BCUT2D eigenvalue weighted by Crippen LogP contribution is -2.44. The molecule has 1 atom stereocenters. The highest BCUT2D eigenvalue weighted by atomic mass is 35.5. The van der Waals surface area contributed by atoms with E-state index in [0.29, 0.717) is 42.4 Å². The average molecular weight is 476 g/mol. The highest BCUT2D eigenvalue weighted by Crippen LogP contribution is 2.28. The van der Waals surface area contributed by atoms with Gasteiger partial charge in [0.25, 0.3) is 0 Å². The summed E-state index contributed by atoms with van der Waals surface area (Å²) in [5.41, 5.74) is 1.11. The first kappa shape index (κ1) is 23.2. The fourth-order valence-electron chi connectivity index (χ4n) is 4.67. The predicted octanol–water partition coefficient (Wildman–Crippen LogP) is 3.69. The molecule has 32 heavy (non-hydrogen) atoms. The molecule has 172 valence electrons. The molecule has 2 aromatic carbocycles. The first-order valence-corrected chi connectivity index (χ1v) is 13.1. The van der Waals surface area contributed by atoms with Gasteiger partial charge in [0, 0.05) is 30.6 Å². The highest BCUT2D eigenvalue weighted by molar-refractivity contribution is 7.89. The van der Waals surface area contributed by atoms with Crippen LogP contribution in [0, 0.1) is 5.92 Å². The van der Waals surface area contributed by atoms with Gasteiger partial charge in [-0.2, -0.15) is 4.31 Å². The number of sulfonamides is 1. The molecule has 2 fully saturated rings. The Balaban J connectivity index is 1.35. The van der Waals surface area contributed by atoms with Crippen LogP contribution in [0.2, 0.25) is 5.02 Å². The lowest BCUT2D eigenvalue weighted by atomic mass is 9.97. The second kappa shape index (κ2) is 10.3. The van der Waals surface area contributed by atoms with E-state index in [9.17, 15) is 13.2 Å². The fraction of sp³-hybridized carbons (Fsp3) is 0.458. The smallest absolute Gasteiger partial charge is 0.243 e. The van der Waals surface area contributed by atoms with E-state index in [-0.39, 0.29) is 17.9 Å². The van der Waals surface area contributed by atoms with E-state index < -0.39 is 10.0 Å². The molecule has 1 amide bonds. The standard InChI is InChI=1S/C24H30ClN3O3S/c25-21-8-6-7-20(17-21)23(27-13-4-5-14-27)18-26-24(29)19-11-15-28(16-12-19)32(30,31)22-9-2-1-3-10-22/h1-3,6-10,17,19,23H,4-5,11-16,18H2,(H,26,29). The largest absolute Gasteiger partial charge is 0.354 e. The SMILES string of the molecule is O=C(NCC(c1cccc(Cl)c1)N1CCCC1)C1CCN(S(=O)(=O)c2ccccc2)CC1. The number of rotatable bonds is 7. The molecule has 2 heterocycles. The third-order valence-corrected chi connectivity index (χ3v) is 8.64. The number of halogens is 1. The third kappa shape index (κ3) is 5.34. The van der Waals surface area contributed by atoms with Crippen LogP contribution in [0.4, 0.5) is 0 Å². The summed E-state index contributed by atoms with van der Waals surface area (Å²) in [5.74, 6) is -0.163. The highest BCUT2D eigenvalue weighted by Gasteiger charge is 2.32. The van der Waals surface area contributed by atoms with E-state index in [1.807, 2.05) is 18.2 Å². The monoisotopic (exact) mass is 475 g/mol. The summed E-state index contributed by atoms with van der Waals surface area (Å²) in [6, 6.07) is 16.4. The molecule has 0 aliphatic carbocycles. The Bertz CT molecular complexity index is 1020. The van der Waals surface area contributed by atoms with Crippen LogP contribution in [0.25, 0.3) is 0 Å². The van der Waals surface area contributed by atoms with Gasteiger partial charge in [-0.15, -0.1) is 0 Å². The zero-order chi connectivity index (χ0) is 22.6. The second-order valence-corrected chi connectivity index (χ2v) is 10.9. The number of hydrogen-bond acceptors (Lipinski definition) is 4. The molecule has 2 aromatic rings. The van der Waals surface area contributed by atoms with Gasteiger partial charge in [-0.25, -0.2) is 8.42 Å². The van der Waals surface area contributed by atoms with Gasteiger partial charge in [0.05, 0.1) is 10.9 Å². The van der Waals surface area contributed by atoms with Crippen molar-refractivity contribution in [2.45, 2.75) is 36.6 Å². The maximum atomic E-state index is 12.9. The van der Waals surface area contributed by atoms with Crippen LogP contribution in [0.3, 0.4) is 0 Å². The van der Waals surface area contributed by atoms with Gasteiger partial charge in [0.1, 0.15) is 0 Å². The molecule has 0 spiro atoms. The van der Waals surface area contributed by atoms with Crippen molar-refractivity contribution >= 4 is 27.5 Å². The molecule has 1 N–H and O–H groups in total. The molecule has 2 aliphatic rings. The molecule has 1 unspecified atom stereocenters. The van der Waals surface area contributed by atoms with Gasteiger partial charge in [-0.3, -0.25) is 9.69 Å². The minimum absolute atomic E-state index is 0.00739. The topological polar surface area (TPSA) is 69.7 Å². The van der Waals surface area contributed by atoms with Crippen molar-refractivity contribution in [3.8, 4) is 0 Å². The van der Waals surface area contributed by atoms with Crippen molar-refractivity contribution in [1.82, 2.24) is 14.5 Å². The molecule has 6 nitrogen and oxygen atoms in total. The normalized spacial score (nSPS) is 19.7. The van der Waals surface area contributed by atoms with Crippen molar-refractivity contribution in [2.75, 3.05) is 32.7 Å². The van der Waals surface area contributed by atoms with Crippen molar-refractivity contribution in [2.24, 2.45) is 5.92 Å². The number of piperidine rings is 1. The van der Waals surface area contributed by atoms with Crippen LogP contribution in [0.5, 0.6) is 0 Å². The van der Waals surface area contributed by atoms with Gasteiger partial charge < -0.3 is 5.32 Å². The van der Waals surface area contributed by atoms with E-state index >= 15 is 0 Å².